The zero-order chi connectivity index (χ0) is 7.40. The summed E-state index contributed by atoms with van der Waals surface area (Å²) in [7, 11) is 0. The van der Waals surface area contributed by atoms with Crippen LogP contribution in [0.25, 0.3) is 0 Å². The molecule has 0 aromatic rings. The highest BCUT2D eigenvalue weighted by Gasteiger charge is 2.03. The minimum Gasteiger partial charge on any atom is -0.0845 e. The Morgan fingerprint density at radius 2 is 2.30 bits per heavy atom. The van der Waals surface area contributed by atoms with E-state index in [4.69, 9.17) is 0 Å². The Morgan fingerprint density at radius 1 is 1.50 bits per heavy atom. The van der Waals surface area contributed by atoms with E-state index in [1.165, 1.54) is 31.3 Å². The van der Waals surface area contributed by atoms with Gasteiger partial charge in [0.15, 0.2) is 0 Å². The normalized spacial score (nSPS) is 20.6. The van der Waals surface area contributed by atoms with Gasteiger partial charge in [0.05, 0.1) is 0 Å². The average Bonchev–Trinajstić information content (AvgIpc) is 2.05. The van der Waals surface area contributed by atoms with Crippen LogP contribution < -0.4 is 0 Å². The molecule has 0 bridgehead atoms. The van der Waals surface area contributed by atoms with Gasteiger partial charge < -0.3 is 0 Å². The fraction of sp³-hybridized carbons (Fsp3) is 0.600. The second-order valence-corrected chi connectivity index (χ2v) is 2.95. The van der Waals surface area contributed by atoms with Crippen molar-refractivity contribution in [2.75, 3.05) is 0 Å². The summed E-state index contributed by atoms with van der Waals surface area (Å²) >= 11 is 0. The largest absolute Gasteiger partial charge is 0.0845 e. The van der Waals surface area contributed by atoms with Gasteiger partial charge in [-0.05, 0) is 45.1 Å². The number of hydrogen-bond donors (Lipinski definition) is 0. The second-order valence-electron chi connectivity index (χ2n) is 2.95. The van der Waals surface area contributed by atoms with Crippen molar-refractivity contribution in [1.82, 2.24) is 0 Å². The maximum absolute atomic E-state index is 2.39. The first-order valence-corrected chi connectivity index (χ1v) is 4.17. The first-order chi connectivity index (χ1) is 4.84. The zero-order valence-electron chi connectivity index (χ0n) is 6.98. The van der Waals surface area contributed by atoms with E-state index in [1.807, 2.05) is 0 Å². The molecule has 0 unspecified atom stereocenters. The van der Waals surface area contributed by atoms with E-state index in [2.05, 4.69) is 26.0 Å². The van der Waals surface area contributed by atoms with Crippen LogP contribution in [0.1, 0.15) is 39.5 Å². The topological polar surface area (TPSA) is 0 Å². The van der Waals surface area contributed by atoms with Crippen LogP contribution in [0.4, 0.5) is 0 Å². The smallest absolute Gasteiger partial charge is 0.0279 e. The van der Waals surface area contributed by atoms with Gasteiger partial charge in [-0.3, -0.25) is 0 Å². The van der Waals surface area contributed by atoms with Crippen molar-refractivity contribution in [3.05, 3.63) is 23.3 Å². The van der Waals surface area contributed by atoms with Gasteiger partial charge in [-0.2, -0.15) is 0 Å². The van der Waals surface area contributed by atoms with Crippen molar-refractivity contribution in [2.24, 2.45) is 0 Å². The summed E-state index contributed by atoms with van der Waals surface area (Å²) in [5.74, 6) is 0. The molecule has 0 aromatic heterocycles. The Labute approximate surface area is 63.6 Å². The van der Waals surface area contributed by atoms with Gasteiger partial charge >= 0.3 is 0 Å². The molecule has 0 N–H and O–H groups in total. The Morgan fingerprint density at radius 3 is 2.80 bits per heavy atom. The van der Waals surface area contributed by atoms with Crippen LogP contribution in [-0.2, 0) is 0 Å². The van der Waals surface area contributed by atoms with Gasteiger partial charge in [-0.25, -0.2) is 0 Å². The first-order valence-electron chi connectivity index (χ1n) is 4.17. The van der Waals surface area contributed by atoms with Gasteiger partial charge in [-0.15, -0.1) is 0 Å². The summed E-state index contributed by atoms with van der Waals surface area (Å²) in [6, 6.07) is 0. The van der Waals surface area contributed by atoms with Crippen molar-refractivity contribution in [3.8, 4) is 0 Å². The lowest BCUT2D eigenvalue weighted by atomic mass is 9.94. The molecule has 1 rings (SSSR count). The molecule has 0 fully saturated rings. The molecule has 10 heavy (non-hydrogen) atoms. The van der Waals surface area contributed by atoms with Crippen molar-refractivity contribution in [2.45, 2.75) is 39.5 Å². The zero-order valence-corrected chi connectivity index (χ0v) is 6.98. The highest BCUT2D eigenvalue weighted by molar-refractivity contribution is 5.29. The summed E-state index contributed by atoms with van der Waals surface area (Å²) in [6.45, 7) is 4.32. The Hall–Kier alpha value is -0.520. The van der Waals surface area contributed by atoms with Crippen LogP contribution in [0.2, 0.25) is 0 Å². The summed E-state index contributed by atoms with van der Waals surface area (Å²) in [4.78, 5) is 0. The fourth-order valence-corrected chi connectivity index (χ4v) is 1.38. The molecule has 0 saturated carbocycles. The molecular formula is C10H16. The highest BCUT2D eigenvalue weighted by Crippen LogP contribution is 2.22. The van der Waals surface area contributed by atoms with Gasteiger partial charge in [0.1, 0.15) is 0 Å². The molecule has 0 heterocycles. The van der Waals surface area contributed by atoms with E-state index in [1.54, 1.807) is 5.57 Å². The predicted octanol–water partition coefficient (Wildman–Crippen LogP) is 3.45. The second kappa shape index (κ2) is 3.60. The lowest BCUT2D eigenvalue weighted by Gasteiger charge is -2.12. The van der Waals surface area contributed by atoms with E-state index >= 15 is 0 Å². The summed E-state index contributed by atoms with van der Waals surface area (Å²) < 4.78 is 0. The van der Waals surface area contributed by atoms with E-state index in [9.17, 15) is 0 Å². The maximum Gasteiger partial charge on any atom is -0.0279 e. The van der Waals surface area contributed by atoms with Gasteiger partial charge in [0, 0.05) is 0 Å². The average molecular weight is 136 g/mol. The first kappa shape index (κ1) is 7.59. The molecule has 0 nitrogen and oxygen atoms in total. The van der Waals surface area contributed by atoms with Crippen LogP contribution in [0.3, 0.4) is 0 Å². The third kappa shape index (κ3) is 1.73. The lowest BCUT2D eigenvalue weighted by Crippen LogP contribution is -1.92. The summed E-state index contributed by atoms with van der Waals surface area (Å²) in [5.41, 5.74) is 3.05. The number of allylic oxidation sites excluding steroid dienone is 4. The monoisotopic (exact) mass is 136 g/mol. The fourth-order valence-electron chi connectivity index (χ4n) is 1.38. The van der Waals surface area contributed by atoms with Crippen molar-refractivity contribution >= 4 is 0 Å². The van der Waals surface area contributed by atoms with E-state index in [0.717, 1.165) is 0 Å². The van der Waals surface area contributed by atoms with Gasteiger partial charge in [-0.1, -0.05) is 17.7 Å². The van der Waals surface area contributed by atoms with E-state index in [0.29, 0.717) is 0 Å². The van der Waals surface area contributed by atoms with Crippen LogP contribution in [0.15, 0.2) is 23.3 Å². The molecule has 0 aliphatic heterocycles. The Kier molecular flexibility index (Phi) is 2.73. The highest BCUT2D eigenvalue weighted by atomic mass is 14.1. The maximum atomic E-state index is 2.39. The SMILES string of the molecule is C/C=C(\C)C1=CCCCC1. The molecule has 0 aromatic carbocycles. The molecule has 0 amide bonds. The molecule has 0 radical (unpaired) electrons. The van der Waals surface area contributed by atoms with Gasteiger partial charge in [0.2, 0.25) is 0 Å². The molecule has 0 saturated heterocycles. The minimum atomic E-state index is 1.29. The van der Waals surface area contributed by atoms with Gasteiger partial charge in [0.25, 0.3) is 0 Å². The molecule has 0 atom stereocenters. The van der Waals surface area contributed by atoms with Crippen LogP contribution >= 0.6 is 0 Å². The van der Waals surface area contributed by atoms with Crippen molar-refractivity contribution in [1.29, 1.82) is 0 Å². The lowest BCUT2D eigenvalue weighted by molar-refractivity contribution is 0.706. The van der Waals surface area contributed by atoms with Crippen molar-refractivity contribution in [3.63, 3.8) is 0 Å². The van der Waals surface area contributed by atoms with Crippen molar-refractivity contribution < 1.29 is 0 Å². The predicted molar refractivity (Wildman–Crippen MR) is 46.0 cm³/mol. The molecule has 56 valence electrons. The summed E-state index contributed by atoms with van der Waals surface area (Å²) in [5, 5.41) is 0. The van der Waals surface area contributed by atoms with E-state index < -0.39 is 0 Å². The Bertz CT molecular complexity index is 161. The third-order valence-corrected chi connectivity index (χ3v) is 2.23. The molecular weight excluding hydrogens is 120 g/mol. The van der Waals surface area contributed by atoms with Crippen LogP contribution in [-0.4, -0.2) is 0 Å². The van der Waals surface area contributed by atoms with Crippen LogP contribution in [0, 0.1) is 0 Å². The van der Waals surface area contributed by atoms with E-state index in [-0.39, 0.29) is 0 Å². The standard InChI is InChI=1S/C10H16/c1-3-9(2)10-7-5-4-6-8-10/h3,7H,4-6,8H2,1-2H3/b9-3+. The number of hydrogen-bond acceptors (Lipinski definition) is 0. The molecule has 1 aliphatic rings. The molecule has 0 heteroatoms. The molecule has 0 spiro atoms. The quantitative estimate of drug-likeness (QED) is 0.518. The minimum absolute atomic E-state index is 1.29. The Balaban J connectivity index is 2.62. The summed E-state index contributed by atoms with van der Waals surface area (Å²) in [6.07, 6.45) is 9.96. The number of rotatable bonds is 1. The van der Waals surface area contributed by atoms with Crippen LogP contribution in [0.5, 0.6) is 0 Å². The third-order valence-electron chi connectivity index (χ3n) is 2.23. The molecule has 1 aliphatic carbocycles.